The van der Waals surface area contributed by atoms with Gasteiger partial charge in [-0.1, -0.05) is 20.3 Å². The third-order valence-electron chi connectivity index (χ3n) is 6.45. The monoisotopic (exact) mass is 604 g/mol. The van der Waals surface area contributed by atoms with Gasteiger partial charge in [0.25, 0.3) is 5.56 Å². The van der Waals surface area contributed by atoms with E-state index in [2.05, 4.69) is 10.1 Å². The molecule has 0 radical (unpaired) electrons. The zero-order valence-corrected chi connectivity index (χ0v) is 25.7. The Morgan fingerprint density at radius 1 is 0.976 bits per heavy atom. The fourth-order valence-corrected chi connectivity index (χ4v) is 6.12. The smallest absolute Gasteiger partial charge is 0.302 e. The van der Waals surface area contributed by atoms with Crippen LogP contribution in [0.25, 0.3) is 22.2 Å². The Hall–Kier alpha value is -3.71. The maximum absolute atomic E-state index is 13.9. The zero-order chi connectivity index (χ0) is 30.9. The van der Waals surface area contributed by atoms with Crippen LogP contribution in [0.1, 0.15) is 59.1 Å². The lowest BCUT2D eigenvalue weighted by molar-refractivity contribution is -0.141. The summed E-state index contributed by atoms with van der Waals surface area (Å²) in [7, 11) is -2.33. The molecular weight excluding hydrogens is 564 g/mol. The lowest BCUT2D eigenvalue weighted by atomic mass is 10.1. The third kappa shape index (κ3) is 8.19. The third-order valence-corrected chi connectivity index (χ3v) is 8.35. The van der Waals surface area contributed by atoms with Crippen LogP contribution in [0.5, 0.6) is 5.75 Å². The Balaban J connectivity index is 2.07. The maximum atomic E-state index is 13.9. The molecule has 0 aliphatic heterocycles. The maximum Gasteiger partial charge on any atom is 0.302 e. The number of pyridine rings is 1. The van der Waals surface area contributed by atoms with E-state index in [9.17, 15) is 22.8 Å². The number of sulfonamides is 1. The number of H-pyrrole nitrogens is 1. The van der Waals surface area contributed by atoms with Gasteiger partial charge in [0.1, 0.15) is 11.3 Å². The van der Waals surface area contributed by atoms with Crippen molar-refractivity contribution in [3.8, 4) is 17.0 Å². The fraction of sp³-hybridized carbons (Fsp3) is 0.517. The van der Waals surface area contributed by atoms with Crippen LogP contribution < -0.4 is 10.3 Å². The van der Waals surface area contributed by atoms with Crippen molar-refractivity contribution in [2.24, 2.45) is 7.05 Å². The predicted octanol–water partition coefficient (Wildman–Crippen LogP) is 3.57. The van der Waals surface area contributed by atoms with Crippen LogP contribution in [0.4, 0.5) is 0 Å². The van der Waals surface area contributed by atoms with E-state index in [1.165, 1.54) is 30.3 Å². The zero-order valence-electron chi connectivity index (χ0n) is 24.9. The second kappa shape index (κ2) is 15.0. The number of aromatic amines is 1. The molecule has 0 aliphatic rings. The lowest BCUT2D eigenvalue weighted by Crippen LogP contribution is -2.34. The molecular formula is C29H40N4O8S. The number of aromatic nitrogens is 3. The van der Waals surface area contributed by atoms with Gasteiger partial charge in [-0.05, 0) is 49.9 Å². The molecule has 0 unspecified atom stereocenters. The molecule has 0 saturated carbocycles. The van der Waals surface area contributed by atoms with E-state index in [1.54, 1.807) is 17.8 Å². The molecule has 230 valence electrons. The molecule has 0 fully saturated rings. The van der Waals surface area contributed by atoms with Crippen molar-refractivity contribution in [2.75, 3.05) is 32.9 Å². The molecule has 2 heterocycles. The highest BCUT2D eigenvalue weighted by Crippen LogP contribution is 2.34. The van der Waals surface area contributed by atoms with E-state index in [1.807, 2.05) is 19.9 Å². The second-order valence-electron chi connectivity index (χ2n) is 9.89. The van der Waals surface area contributed by atoms with Gasteiger partial charge in [-0.25, -0.2) is 8.42 Å². The number of carbonyl (C=O) groups is 2. The van der Waals surface area contributed by atoms with Crippen molar-refractivity contribution in [3.63, 3.8) is 0 Å². The lowest BCUT2D eigenvalue weighted by Gasteiger charge is -2.23. The van der Waals surface area contributed by atoms with Crippen LogP contribution in [-0.4, -0.2) is 72.3 Å². The number of aryl methyl sites for hydroxylation is 2. The molecule has 0 spiro atoms. The predicted molar refractivity (Wildman–Crippen MR) is 158 cm³/mol. The van der Waals surface area contributed by atoms with Crippen molar-refractivity contribution >= 4 is 32.9 Å². The summed E-state index contributed by atoms with van der Waals surface area (Å²) in [4.78, 5) is 38.4. The molecule has 3 rings (SSSR count). The molecule has 1 N–H and O–H groups in total. The first-order valence-corrected chi connectivity index (χ1v) is 15.6. The fourth-order valence-electron chi connectivity index (χ4n) is 4.58. The van der Waals surface area contributed by atoms with Crippen molar-refractivity contribution in [3.05, 3.63) is 40.3 Å². The number of hydrogen-bond donors (Lipinski definition) is 1. The van der Waals surface area contributed by atoms with Crippen LogP contribution in [0, 0.1) is 0 Å². The number of esters is 2. The largest absolute Gasteiger partial charge is 0.493 e. The van der Waals surface area contributed by atoms with Gasteiger partial charge in [0, 0.05) is 44.9 Å². The van der Waals surface area contributed by atoms with Gasteiger partial charge < -0.3 is 19.2 Å². The van der Waals surface area contributed by atoms with E-state index in [-0.39, 0.29) is 49.6 Å². The molecule has 42 heavy (non-hydrogen) atoms. The number of fused-ring (bicyclic) bond motifs is 1. The van der Waals surface area contributed by atoms with Crippen molar-refractivity contribution < 1.29 is 32.2 Å². The summed E-state index contributed by atoms with van der Waals surface area (Å²) in [5.41, 5.74) is 1.72. The molecule has 12 nitrogen and oxygen atoms in total. The molecule has 0 bridgehead atoms. The Morgan fingerprint density at radius 3 is 2.19 bits per heavy atom. The number of ether oxygens (including phenoxy) is 3. The number of rotatable bonds is 16. The summed E-state index contributed by atoms with van der Waals surface area (Å²) in [5.74, 6) is -0.468. The summed E-state index contributed by atoms with van der Waals surface area (Å²) in [6.07, 6.45) is 2.82. The van der Waals surface area contributed by atoms with Crippen LogP contribution >= 0.6 is 0 Å². The first-order valence-electron chi connectivity index (χ1n) is 14.1. The van der Waals surface area contributed by atoms with Gasteiger partial charge in [0.05, 0.1) is 36.1 Å². The summed E-state index contributed by atoms with van der Waals surface area (Å²) in [5, 5.41) is 5.22. The number of carbonyl (C=O) groups excluding carboxylic acids is 2. The molecule has 3 aromatic rings. The quantitative estimate of drug-likeness (QED) is 0.191. The average molecular weight is 605 g/mol. The second-order valence-corrected chi connectivity index (χ2v) is 11.8. The van der Waals surface area contributed by atoms with Crippen LogP contribution in [0.15, 0.2) is 34.0 Å². The Labute approximate surface area is 246 Å². The summed E-state index contributed by atoms with van der Waals surface area (Å²) >= 11 is 0. The van der Waals surface area contributed by atoms with Crippen LogP contribution in [0.3, 0.4) is 0 Å². The van der Waals surface area contributed by atoms with E-state index >= 15 is 0 Å². The van der Waals surface area contributed by atoms with Gasteiger partial charge in [-0.2, -0.15) is 9.40 Å². The first-order chi connectivity index (χ1) is 20.0. The van der Waals surface area contributed by atoms with Gasteiger partial charge >= 0.3 is 11.9 Å². The highest BCUT2D eigenvalue weighted by Gasteiger charge is 2.26. The molecule has 2 aromatic heterocycles. The van der Waals surface area contributed by atoms with Gasteiger partial charge in [0.15, 0.2) is 0 Å². The Morgan fingerprint density at radius 2 is 1.62 bits per heavy atom. The standard InChI is InChI=1S/C29H40N4O8S/c1-6-10-25-24-19-26(30-29(36)28(24)32(5)31-25)23-18-22(11-12-27(23)41-15-7-2)42(37,38)33(13-8-16-39-20(3)34)14-9-17-40-21(4)35/h11-12,18-19H,6-10,13-17H2,1-5H3,(H,30,36). The number of benzene rings is 1. The van der Waals surface area contributed by atoms with Crippen molar-refractivity contribution in [2.45, 2.75) is 64.7 Å². The minimum atomic E-state index is -4.05. The SMILES string of the molecule is CCCOc1ccc(S(=O)(=O)N(CCCOC(C)=O)CCCOC(C)=O)cc1-c1cc2c(CCC)nn(C)c2c(=O)[nH]1. The van der Waals surface area contributed by atoms with Gasteiger partial charge in [-0.15, -0.1) is 0 Å². The molecule has 1 aromatic carbocycles. The molecule has 0 saturated heterocycles. The highest BCUT2D eigenvalue weighted by atomic mass is 32.2. The van der Waals surface area contributed by atoms with Crippen LogP contribution in [-0.2, 0) is 42.6 Å². The molecule has 0 atom stereocenters. The Kier molecular flexibility index (Phi) is 11.7. The van der Waals surface area contributed by atoms with Gasteiger partial charge in [-0.3, -0.25) is 19.1 Å². The topological polar surface area (TPSA) is 150 Å². The minimum absolute atomic E-state index is 0.00207. The molecule has 13 heteroatoms. The summed E-state index contributed by atoms with van der Waals surface area (Å²) < 4.78 is 46.6. The van der Waals surface area contributed by atoms with Crippen LogP contribution in [0.2, 0.25) is 0 Å². The minimum Gasteiger partial charge on any atom is -0.493 e. The highest BCUT2D eigenvalue weighted by molar-refractivity contribution is 7.89. The van der Waals surface area contributed by atoms with Crippen molar-refractivity contribution in [1.82, 2.24) is 19.1 Å². The molecule has 0 amide bonds. The van der Waals surface area contributed by atoms with E-state index in [4.69, 9.17) is 14.2 Å². The number of hydrogen-bond acceptors (Lipinski definition) is 9. The van der Waals surface area contributed by atoms with E-state index in [0.717, 1.165) is 18.5 Å². The van der Waals surface area contributed by atoms with E-state index in [0.29, 0.717) is 40.9 Å². The summed E-state index contributed by atoms with van der Waals surface area (Å²) in [6.45, 7) is 7.26. The average Bonchev–Trinajstić information content (AvgIpc) is 3.25. The first kappa shape index (κ1) is 32.8. The Bertz CT molecular complexity index is 1540. The van der Waals surface area contributed by atoms with Gasteiger partial charge in [0.2, 0.25) is 10.0 Å². The summed E-state index contributed by atoms with van der Waals surface area (Å²) in [6, 6.07) is 6.37. The number of nitrogens with zero attached hydrogens (tertiary/aromatic N) is 3. The number of nitrogens with one attached hydrogen (secondary N) is 1. The normalized spacial score (nSPS) is 11.7. The molecule has 0 aliphatic carbocycles. The van der Waals surface area contributed by atoms with E-state index < -0.39 is 22.0 Å². The van der Waals surface area contributed by atoms with Crippen molar-refractivity contribution in [1.29, 1.82) is 0 Å².